The summed E-state index contributed by atoms with van der Waals surface area (Å²) in [6, 6.07) is 10.6. The molecular formula is C23H25N3O. The number of aromatic nitrogens is 3. The van der Waals surface area contributed by atoms with Crippen molar-refractivity contribution in [3.05, 3.63) is 65.3 Å². The zero-order valence-corrected chi connectivity index (χ0v) is 16.8. The Morgan fingerprint density at radius 1 is 0.963 bits per heavy atom. The molecule has 0 aliphatic carbocycles. The minimum Gasteiger partial charge on any atom is -0.441 e. The van der Waals surface area contributed by atoms with E-state index in [4.69, 9.17) is 4.42 Å². The average molecular weight is 359 g/mol. The van der Waals surface area contributed by atoms with E-state index in [2.05, 4.69) is 61.3 Å². The van der Waals surface area contributed by atoms with Crippen LogP contribution in [0.4, 0.5) is 0 Å². The van der Waals surface area contributed by atoms with Gasteiger partial charge < -0.3 is 4.42 Å². The standard InChI is InChI=1S/C23H25N3O/c1-14-11-18(23(4,5)6)12-15(2)21(14)26-10-9-24-22(26)17-7-8-20-19(13-17)25-16(3)27-20/h7-13H,1-6H3. The fraction of sp³-hybridized carbons (Fsp3) is 0.304. The van der Waals surface area contributed by atoms with Gasteiger partial charge in [0.1, 0.15) is 11.3 Å². The summed E-state index contributed by atoms with van der Waals surface area (Å²) in [7, 11) is 0. The van der Waals surface area contributed by atoms with E-state index in [0.29, 0.717) is 5.89 Å². The number of hydrogen-bond acceptors (Lipinski definition) is 3. The van der Waals surface area contributed by atoms with Gasteiger partial charge in [0.05, 0.1) is 5.69 Å². The first-order valence-corrected chi connectivity index (χ1v) is 9.27. The summed E-state index contributed by atoms with van der Waals surface area (Å²) in [5.41, 5.74) is 7.85. The van der Waals surface area contributed by atoms with E-state index in [0.717, 1.165) is 22.5 Å². The van der Waals surface area contributed by atoms with E-state index >= 15 is 0 Å². The van der Waals surface area contributed by atoms with Crippen molar-refractivity contribution >= 4 is 11.1 Å². The number of imidazole rings is 1. The second kappa shape index (κ2) is 6.08. The molecule has 0 amide bonds. The third kappa shape index (κ3) is 3.05. The van der Waals surface area contributed by atoms with Crippen molar-refractivity contribution in [1.82, 2.24) is 14.5 Å². The van der Waals surface area contributed by atoms with Gasteiger partial charge in [0.25, 0.3) is 0 Å². The van der Waals surface area contributed by atoms with Crippen LogP contribution in [0.5, 0.6) is 0 Å². The Morgan fingerprint density at radius 2 is 1.67 bits per heavy atom. The van der Waals surface area contributed by atoms with E-state index in [-0.39, 0.29) is 5.41 Å². The lowest BCUT2D eigenvalue weighted by molar-refractivity contribution is 0.561. The maximum Gasteiger partial charge on any atom is 0.192 e. The Morgan fingerprint density at radius 3 is 2.33 bits per heavy atom. The van der Waals surface area contributed by atoms with Crippen molar-refractivity contribution in [3.8, 4) is 17.1 Å². The molecule has 4 nitrogen and oxygen atoms in total. The summed E-state index contributed by atoms with van der Waals surface area (Å²) in [5.74, 6) is 1.59. The fourth-order valence-corrected chi connectivity index (χ4v) is 3.65. The SMILES string of the molecule is Cc1nc2cc(-c3nccn3-c3c(C)cc(C(C)(C)C)cc3C)ccc2o1. The number of nitrogens with zero attached hydrogens (tertiary/aromatic N) is 3. The molecule has 0 N–H and O–H groups in total. The summed E-state index contributed by atoms with van der Waals surface area (Å²) in [6.45, 7) is 13.0. The van der Waals surface area contributed by atoms with Crippen LogP contribution in [0, 0.1) is 20.8 Å². The highest BCUT2D eigenvalue weighted by Gasteiger charge is 2.19. The summed E-state index contributed by atoms with van der Waals surface area (Å²) in [5, 5.41) is 0. The van der Waals surface area contributed by atoms with Crippen LogP contribution in [0.3, 0.4) is 0 Å². The Labute approximate surface area is 159 Å². The van der Waals surface area contributed by atoms with Gasteiger partial charge in [0.2, 0.25) is 0 Å². The molecule has 0 atom stereocenters. The van der Waals surface area contributed by atoms with Gasteiger partial charge in [0.15, 0.2) is 11.5 Å². The number of benzene rings is 2. The van der Waals surface area contributed by atoms with Gasteiger partial charge in [-0.25, -0.2) is 9.97 Å². The lowest BCUT2D eigenvalue weighted by Gasteiger charge is -2.23. The molecule has 0 aliphatic rings. The number of oxazole rings is 1. The van der Waals surface area contributed by atoms with Gasteiger partial charge in [-0.2, -0.15) is 0 Å². The highest BCUT2D eigenvalue weighted by atomic mass is 16.3. The molecule has 0 unspecified atom stereocenters. The van der Waals surface area contributed by atoms with E-state index in [1.165, 1.54) is 22.4 Å². The second-order valence-electron chi connectivity index (χ2n) is 8.24. The average Bonchev–Trinajstić information content (AvgIpc) is 3.18. The lowest BCUT2D eigenvalue weighted by atomic mass is 9.84. The molecule has 0 radical (unpaired) electrons. The first-order valence-electron chi connectivity index (χ1n) is 9.27. The third-order valence-corrected chi connectivity index (χ3v) is 4.99. The van der Waals surface area contributed by atoms with Gasteiger partial charge >= 0.3 is 0 Å². The first kappa shape index (κ1) is 17.5. The molecule has 4 heteroatoms. The monoisotopic (exact) mass is 359 g/mol. The van der Waals surface area contributed by atoms with E-state index in [1.54, 1.807) is 0 Å². The Balaban J connectivity index is 1.86. The van der Waals surface area contributed by atoms with Gasteiger partial charge in [-0.15, -0.1) is 0 Å². The maximum atomic E-state index is 5.60. The Kier molecular flexibility index (Phi) is 3.95. The molecule has 0 saturated carbocycles. The summed E-state index contributed by atoms with van der Waals surface area (Å²) < 4.78 is 7.77. The van der Waals surface area contributed by atoms with E-state index in [9.17, 15) is 0 Å². The van der Waals surface area contributed by atoms with Gasteiger partial charge in [-0.1, -0.05) is 32.9 Å². The zero-order valence-electron chi connectivity index (χ0n) is 16.8. The molecule has 27 heavy (non-hydrogen) atoms. The van der Waals surface area contributed by atoms with Crippen LogP contribution >= 0.6 is 0 Å². The highest BCUT2D eigenvalue weighted by molar-refractivity contribution is 5.79. The van der Waals surface area contributed by atoms with Crippen molar-refractivity contribution in [2.75, 3.05) is 0 Å². The maximum absolute atomic E-state index is 5.60. The zero-order chi connectivity index (χ0) is 19.3. The Hall–Kier alpha value is -2.88. The molecule has 4 rings (SSSR count). The van der Waals surface area contributed by atoms with Crippen LogP contribution in [0.2, 0.25) is 0 Å². The lowest BCUT2D eigenvalue weighted by Crippen LogP contribution is -2.13. The molecule has 2 aromatic carbocycles. The predicted molar refractivity (Wildman–Crippen MR) is 109 cm³/mol. The summed E-state index contributed by atoms with van der Waals surface area (Å²) >= 11 is 0. The van der Waals surface area contributed by atoms with E-state index in [1.807, 2.05) is 37.5 Å². The highest BCUT2D eigenvalue weighted by Crippen LogP contribution is 2.32. The number of aryl methyl sites for hydroxylation is 3. The summed E-state index contributed by atoms with van der Waals surface area (Å²) in [4.78, 5) is 9.09. The number of rotatable bonds is 2. The molecule has 0 bridgehead atoms. The van der Waals surface area contributed by atoms with Gasteiger partial charge in [0, 0.05) is 24.9 Å². The van der Waals surface area contributed by atoms with Crippen molar-refractivity contribution in [2.45, 2.75) is 47.0 Å². The molecule has 2 aromatic heterocycles. The van der Waals surface area contributed by atoms with Crippen LogP contribution in [0.25, 0.3) is 28.2 Å². The van der Waals surface area contributed by atoms with E-state index < -0.39 is 0 Å². The smallest absolute Gasteiger partial charge is 0.192 e. The number of hydrogen-bond donors (Lipinski definition) is 0. The van der Waals surface area contributed by atoms with Crippen LogP contribution in [-0.2, 0) is 5.41 Å². The van der Waals surface area contributed by atoms with Crippen molar-refractivity contribution in [3.63, 3.8) is 0 Å². The molecule has 0 spiro atoms. The third-order valence-electron chi connectivity index (χ3n) is 4.99. The van der Waals surface area contributed by atoms with Crippen molar-refractivity contribution in [2.24, 2.45) is 0 Å². The molecule has 0 aliphatic heterocycles. The fourth-order valence-electron chi connectivity index (χ4n) is 3.65. The minimum absolute atomic E-state index is 0.127. The topological polar surface area (TPSA) is 43.9 Å². The Bertz CT molecular complexity index is 1120. The summed E-state index contributed by atoms with van der Waals surface area (Å²) in [6.07, 6.45) is 3.88. The molecule has 0 saturated heterocycles. The molecule has 0 fully saturated rings. The van der Waals surface area contributed by atoms with Crippen LogP contribution in [0.1, 0.15) is 43.4 Å². The van der Waals surface area contributed by atoms with Crippen molar-refractivity contribution < 1.29 is 4.42 Å². The van der Waals surface area contributed by atoms with Gasteiger partial charge in [-0.05, 0) is 54.2 Å². The van der Waals surface area contributed by atoms with Crippen LogP contribution in [0.15, 0.2) is 47.1 Å². The predicted octanol–water partition coefficient (Wildman–Crippen LogP) is 5.90. The molecule has 4 aromatic rings. The minimum atomic E-state index is 0.127. The van der Waals surface area contributed by atoms with Crippen LogP contribution in [-0.4, -0.2) is 14.5 Å². The molecule has 2 heterocycles. The molecular weight excluding hydrogens is 334 g/mol. The molecule has 138 valence electrons. The number of fused-ring (bicyclic) bond motifs is 1. The quantitative estimate of drug-likeness (QED) is 0.447. The van der Waals surface area contributed by atoms with Crippen molar-refractivity contribution in [1.29, 1.82) is 0 Å². The second-order valence-corrected chi connectivity index (χ2v) is 8.24. The normalized spacial score (nSPS) is 12.1. The van der Waals surface area contributed by atoms with Gasteiger partial charge in [-0.3, -0.25) is 4.57 Å². The first-order chi connectivity index (χ1) is 12.7. The van der Waals surface area contributed by atoms with Crippen LogP contribution < -0.4 is 0 Å². The largest absolute Gasteiger partial charge is 0.441 e.